The van der Waals surface area contributed by atoms with Crippen LogP contribution in [0, 0.1) is 0 Å². The fraction of sp³-hybridized carbons (Fsp3) is 0.179. The van der Waals surface area contributed by atoms with E-state index < -0.39 is 0 Å². The zero-order valence-electron chi connectivity index (χ0n) is 18.8. The normalized spacial score (nSPS) is 15.4. The molecule has 1 atom stereocenters. The summed E-state index contributed by atoms with van der Waals surface area (Å²) in [6.45, 7) is 1.56. The molecular formula is C28H26N4O2. The summed E-state index contributed by atoms with van der Waals surface area (Å²) in [5.74, 6) is 0.525. The molecule has 3 aromatic carbocycles. The van der Waals surface area contributed by atoms with Gasteiger partial charge in [-0.05, 0) is 23.1 Å². The van der Waals surface area contributed by atoms with Crippen molar-refractivity contribution >= 4 is 6.03 Å². The summed E-state index contributed by atoms with van der Waals surface area (Å²) in [6, 6.07) is 28.0. The Morgan fingerprint density at radius 1 is 0.882 bits per heavy atom. The van der Waals surface area contributed by atoms with Crippen molar-refractivity contribution in [3.8, 4) is 22.5 Å². The fourth-order valence-electron chi connectivity index (χ4n) is 4.05. The van der Waals surface area contributed by atoms with Gasteiger partial charge in [0.1, 0.15) is 6.33 Å². The Morgan fingerprint density at radius 2 is 1.56 bits per heavy atom. The average molecular weight is 451 g/mol. The van der Waals surface area contributed by atoms with Gasteiger partial charge in [-0.15, -0.1) is 5.10 Å². The van der Waals surface area contributed by atoms with E-state index in [1.54, 1.807) is 4.90 Å². The first-order valence-corrected chi connectivity index (χ1v) is 11.4. The first kappa shape index (κ1) is 21.8. The van der Waals surface area contributed by atoms with E-state index in [4.69, 9.17) is 4.74 Å². The largest absolute Gasteiger partial charge is 0.374 e. The number of hydrogen-bond acceptors (Lipinski definition) is 4. The molecule has 0 N–H and O–H groups in total. The molecule has 170 valence electrons. The first-order valence-electron chi connectivity index (χ1n) is 11.4. The molecule has 0 saturated heterocycles. The number of aromatic nitrogens is 3. The predicted molar refractivity (Wildman–Crippen MR) is 132 cm³/mol. The van der Waals surface area contributed by atoms with Crippen molar-refractivity contribution in [3.05, 3.63) is 109 Å². The smallest absolute Gasteiger partial charge is 0.346 e. The zero-order chi connectivity index (χ0) is 23.2. The third kappa shape index (κ3) is 4.97. The van der Waals surface area contributed by atoms with Crippen LogP contribution in [0.1, 0.15) is 12.0 Å². The molecule has 0 saturated carbocycles. The van der Waals surface area contributed by atoms with Crippen LogP contribution in [-0.2, 0) is 11.3 Å². The van der Waals surface area contributed by atoms with E-state index in [1.807, 2.05) is 78.9 Å². The van der Waals surface area contributed by atoms with Crippen LogP contribution in [0.25, 0.3) is 22.5 Å². The second-order valence-corrected chi connectivity index (χ2v) is 8.22. The molecule has 1 aliphatic rings. The molecule has 0 fully saturated rings. The lowest BCUT2D eigenvalue weighted by molar-refractivity contribution is 0.0749. The van der Waals surface area contributed by atoms with Gasteiger partial charge in [-0.3, -0.25) is 0 Å². The summed E-state index contributed by atoms with van der Waals surface area (Å²) in [5.41, 5.74) is 4.26. The van der Waals surface area contributed by atoms with E-state index >= 15 is 0 Å². The van der Waals surface area contributed by atoms with Crippen molar-refractivity contribution in [1.82, 2.24) is 19.7 Å². The Labute approximate surface area is 199 Å². The maximum atomic E-state index is 13.2. The van der Waals surface area contributed by atoms with Crippen molar-refractivity contribution in [2.24, 2.45) is 0 Å². The van der Waals surface area contributed by atoms with Crippen LogP contribution in [0.4, 0.5) is 4.79 Å². The van der Waals surface area contributed by atoms with Crippen LogP contribution in [-0.4, -0.2) is 44.9 Å². The predicted octanol–water partition coefficient (Wildman–Crippen LogP) is 5.43. The third-order valence-electron chi connectivity index (χ3n) is 5.88. The van der Waals surface area contributed by atoms with E-state index in [1.165, 1.54) is 11.0 Å². The van der Waals surface area contributed by atoms with Gasteiger partial charge in [-0.2, -0.15) is 4.68 Å². The molecule has 0 bridgehead atoms. The van der Waals surface area contributed by atoms with Crippen LogP contribution >= 0.6 is 0 Å². The highest BCUT2D eigenvalue weighted by molar-refractivity contribution is 5.77. The Hall–Kier alpha value is -4.03. The number of carbonyl (C=O) groups excluding carboxylic acids is 1. The van der Waals surface area contributed by atoms with Crippen molar-refractivity contribution in [1.29, 1.82) is 0 Å². The number of carbonyl (C=O) groups is 1. The Bertz CT molecular complexity index is 1250. The van der Waals surface area contributed by atoms with Gasteiger partial charge in [-0.25, -0.2) is 9.78 Å². The average Bonchev–Trinajstić information content (AvgIpc) is 3.40. The molecule has 34 heavy (non-hydrogen) atoms. The standard InChI is InChI=1S/C28H26N4O2/c33-28(31-18-8-7-13-26(31)20-34-19-22-9-3-1-4-10-22)32-21-29-27(30-32)25-16-14-24(15-17-25)23-11-5-2-6-12-23/h1-7,9-17,21,26H,8,18-20H2/t26-/m1/s1. The number of benzene rings is 3. The van der Waals surface area contributed by atoms with Gasteiger partial charge in [0.05, 0.1) is 19.3 Å². The fourth-order valence-corrected chi connectivity index (χ4v) is 4.05. The minimum atomic E-state index is -0.197. The number of rotatable bonds is 6. The van der Waals surface area contributed by atoms with Gasteiger partial charge >= 0.3 is 6.03 Å². The van der Waals surface area contributed by atoms with Crippen molar-refractivity contribution in [2.45, 2.75) is 19.1 Å². The van der Waals surface area contributed by atoms with Gasteiger partial charge in [0.15, 0.2) is 5.82 Å². The van der Waals surface area contributed by atoms with Crippen molar-refractivity contribution in [3.63, 3.8) is 0 Å². The summed E-state index contributed by atoms with van der Waals surface area (Å²) in [6.07, 6.45) is 6.43. The molecule has 2 heterocycles. The highest BCUT2D eigenvalue weighted by Crippen LogP contribution is 2.23. The molecule has 6 heteroatoms. The molecule has 1 amide bonds. The first-order chi connectivity index (χ1) is 16.8. The van der Waals surface area contributed by atoms with Crippen molar-refractivity contribution in [2.75, 3.05) is 13.2 Å². The molecular weight excluding hydrogens is 424 g/mol. The van der Waals surface area contributed by atoms with Gasteiger partial charge in [-0.1, -0.05) is 97.1 Å². The highest BCUT2D eigenvalue weighted by atomic mass is 16.5. The van der Waals surface area contributed by atoms with Crippen LogP contribution in [0.5, 0.6) is 0 Å². The number of ether oxygens (including phenoxy) is 1. The summed E-state index contributed by atoms with van der Waals surface area (Å²) in [7, 11) is 0. The molecule has 0 spiro atoms. The van der Waals surface area contributed by atoms with Crippen molar-refractivity contribution < 1.29 is 9.53 Å². The monoisotopic (exact) mass is 450 g/mol. The van der Waals surface area contributed by atoms with E-state index in [9.17, 15) is 4.79 Å². The lowest BCUT2D eigenvalue weighted by Gasteiger charge is -2.31. The van der Waals surface area contributed by atoms with E-state index in [-0.39, 0.29) is 12.1 Å². The molecule has 1 aromatic heterocycles. The Kier molecular flexibility index (Phi) is 6.59. The molecule has 0 radical (unpaired) electrons. The molecule has 5 rings (SSSR count). The number of amides is 1. The Balaban J connectivity index is 1.25. The molecule has 6 nitrogen and oxygen atoms in total. The van der Waals surface area contributed by atoms with Gasteiger partial charge in [0, 0.05) is 12.1 Å². The molecule has 0 unspecified atom stereocenters. The molecule has 4 aromatic rings. The third-order valence-corrected chi connectivity index (χ3v) is 5.88. The summed E-state index contributed by atoms with van der Waals surface area (Å²) < 4.78 is 7.23. The lowest BCUT2D eigenvalue weighted by atomic mass is 10.0. The van der Waals surface area contributed by atoms with Gasteiger partial charge in [0.25, 0.3) is 0 Å². The van der Waals surface area contributed by atoms with Gasteiger partial charge in [0.2, 0.25) is 0 Å². The lowest BCUT2D eigenvalue weighted by Crippen LogP contribution is -2.46. The molecule has 0 aliphatic carbocycles. The minimum absolute atomic E-state index is 0.136. The van der Waals surface area contributed by atoms with Crippen LogP contribution in [0.2, 0.25) is 0 Å². The van der Waals surface area contributed by atoms with Crippen LogP contribution in [0.3, 0.4) is 0 Å². The zero-order valence-corrected chi connectivity index (χ0v) is 18.8. The van der Waals surface area contributed by atoms with E-state index in [0.717, 1.165) is 28.7 Å². The SMILES string of the molecule is O=C(N1CCC=C[C@@H]1COCc1ccccc1)n1cnc(-c2ccc(-c3ccccc3)cc2)n1. The topological polar surface area (TPSA) is 60.2 Å². The quantitative estimate of drug-likeness (QED) is 0.368. The van der Waals surface area contributed by atoms with Crippen LogP contribution in [0.15, 0.2) is 103 Å². The maximum absolute atomic E-state index is 13.2. The summed E-state index contributed by atoms with van der Waals surface area (Å²) >= 11 is 0. The summed E-state index contributed by atoms with van der Waals surface area (Å²) in [4.78, 5) is 19.4. The van der Waals surface area contributed by atoms with Gasteiger partial charge < -0.3 is 9.64 Å². The number of hydrogen-bond donors (Lipinski definition) is 0. The second-order valence-electron chi connectivity index (χ2n) is 8.22. The minimum Gasteiger partial charge on any atom is -0.374 e. The maximum Gasteiger partial charge on any atom is 0.346 e. The second kappa shape index (κ2) is 10.3. The van der Waals surface area contributed by atoms with Crippen LogP contribution < -0.4 is 0 Å². The molecule has 1 aliphatic heterocycles. The van der Waals surface area contributed by atoms with E-state index in [0.29, 0.717) is 25.6 Å². The highest BCUT2D eigenvalue weighted by Gasteiger charge is 2.26. The van der Waals surface area contributed by atoms with E-state index in [2.05, 4.69) is 28.3 Å². The summed E-state index contributed by atoms with van der Waals surface area (Å²) in [5, 5.41) is 4.47. The Morgan fingerprint density at radius 3 is 2.32 bits per heavy atom. The number of nitrogens with zero attached hydrogens (tertiary/aromatic N) is 4.